The molecule has 0 atom stereocenters. The highest BCUT2D eigenvalue weighted by molar-refractivity contribution is 5.96. The summed E-state index contributed by atoms with van der Waals surface area (Å²) in [7, 11) is 2.50. The molecule has 0 unspecified atom stereocenters. The Balaban J connectivity index is 3.14. The molecule has 0 aliphatic heterocycles. The molecule has 0 aromatic heterocycles. The number of para-hydroxylation sites is 1. The van der Waals surface area contributed by atoms with E-state index in [1.807, 2.05) is 12.1 Å². The first-order chi connectivity index (χ1) is 11.2. The minimum atomic E-state index is -0.814. The Hall–Kier alpha value is -2.34. The molecule has 1 aromatic rings. The van der Waals surface area contributed by atoms with Crippen LogP contribution in [0.5, 0.6) is 0 Å². The van der Waals surface area contributed by atoms with Crippen molar-refractivity contribution < 1.29 is 24.2 Å². The Labute approximate surface area is 142 Å². The molecule has 0 bridgehead atoms. The van der Waals surface area contributed by atoms with Gasteiger partial charge in [0.25, 0.3) is 0 Å². The lowest BCUT2D eigenvalue weighted by Gasteiger charge is -2.24. The van der Waals surface area contributed by atoms with Crippen LogP contribution in [-0.2, 0) is 14.3 Å². The van der Waals surface area contributed by atoms with Crippen molar-refractivity contribution in [1.29, 1.82) is 0 Å². The number of rotatable bonds is 7. The number of hydrogen-bond donors (Lipinski definition) is 1. The van der Waals surface area contributed by atoms with Crippen LogP contribution in [0.3, 0.4) is 0 Å². The van der Waals surface area contributed by atoms with E-state index in [9.17, 15) is 14.7 Å². The van der Waals surface area contributed by atoms with Gasteiger partial charge in [0.05, 0.1) is 25.5 Å². The van der Waals surface area contributed by atoms with Crippen LogP contribution in [0.1, 0.15) is 32.3 Å². The van der Waals surface area contributed by atoms with Gasteiger partial charge in [-0.25, -0.2) is 4.79 Å². The molecule has 24 heavy (non-hydrogen) atoms. The summed E-state index contributed by atoms with van der Waals surface area (Å²) >= 11 is 0. The monoisotopic (exact) mass is 335 g/mol. The number of methoxy groups -OCH3 is 2. The number of esters is 1. The molecular weight excluding hydrogens is 310 g/mol. The average molecular weight is 335 g/mol. The van der Waals surface area contributed by atoms with Gasteiger partial charge in [-0.15, -0.1) is 0 Å². The smallest absolute Gasteiger partial charge is 0.414 e. The quantitative estimate of drug-likeness (QED) is 0.775. The number of allylic oxidation sites excluding steroid dienone is 1. The van der Waals surface area contributed by atoms with E-state index in [2.05, 4.69) is 11.3 Å². The zero-order chi connectivity index (χ0) is 18.3. The van der Waals surface area contributed by atoms with Gasteiger partial charge in [-0.1, -0.05) is 24.8 Å². The summed E-state index contributed by atoms with van der Waals surface area (Å²) in [4.78, 5) is 24.9. The number of anilines is 1. The molecule has 6 heteroatoms. The molecule has 0 spiro atoms. The number of carbonyl (C=O) groups excluding carboxylic acids is 2. The first-order valence-corrected chi connectivity index (χ1v) is 7.61. The van der Waals surface area contributed by atoms with Crippen molar-refractivity contribution in [1.82, 2.24) is 0 Å². The summed E-state index contributed by atoms with van der Waals surface area (Å²) in [5, 5.41) is 9.88. The van der Waals surface area contributed by atoms with Gasteiger partial charge in [0.2, 0.25) is 0 Å². The lowest BCUT2D eigenvalue weighted by Crippen LogP contribution is -2.36. The molecule has 1 N–H and O–H groups in total. The number of amides is 1. The third-order valence-electron chi connectivity index (χ3n) is 3.52. The fraction of sp³-hybridized carbons (Fsp3) is 0.444. The van der Waals surface area contributed by atoms with E-state index in [1.54, 1.807) is 26.0 Å². The first-order valence-electron chi connectivity index (χ1n) is 7.61. The lowest BCUT2D eigenvalue weighted by atomic mass is 9.94. The van der Waals surface area contributed by atoms with Crippen LogP contribution in [0.4, 0.5) is 10.5 Å². The highest BCUT2D eigenvalue weighted by Crippen LogP contribution is 2.30. The Morgan fingerprint density at radius 3 is 2.38 bits per heavy atom. The number of aliphatic hydroxyl groups is 1. The van der Waals surface area contributed by atoms with Crippen molar-refractivity contribution in [3.05, 3.63) is 36.4 Å². The predicted molar refractivity (Wildman–Crippen MR) is 92.8 cm³/mol. The predicted octanol–water partition coefficient (Wildman–Crippen LogP) is 3.00. The van der Waals surface area contributed by atoms with Crippen molar-refractivity contribution in [2.45, 2.75) is 32.3 Å². The highest BCUT2D eigenvalue weighted by Gasteiger charge is 2.23. The van der Waals surface area contributed by atoms with E-state index in [0.717, 1.165) is 11.1 Å². The van der Waals surface area contributed by atoms with Crippen LogP contribution in [0.2, 0.25) is 0 Å². The van der Waals surface area contributed by atoms with Gasteiger partial charge < -0.3 is 14.6 Å². The summed E-state index contributed by atoms with van der Waals surface area (Å²) in [5.74, 6) is -0.558. The van der Waals surface area contributed by atoms with Crippen molar-refractivity contribution in [2.75, 3.05) is 25.7 Å². The van der Waals surface area contributed by atoms with Crippen LogP contribution < -0.4 is 4.90 Å². The normalized spacial score (nSPS) is 10.9. The molecule has 0 heterocycles. The number of nitrogens with zero attached hydrogens (tertiary/aromatic N) is 1. The molecule has 1 aromatic carbocycles. The molecule has 1 rings (SSSR count). The van der Waals surface area contributed by atoms with Crippen molar-refractivity contribution >= 4 is 23.3 Å². The zero-order valence-corrected chi connectivity index (χ0v) is 14.7. The number of hydrogen-bond acceptors (Lipinski definition) is 5. The molecular formula is C18H25NO5. The number of benzene rings is 1. The van der Waals surface area contributed by atoms with Crippen LogP contribution in [0.25, 0.3) is 5.57 Å². The number of ether oxygens (including phenoxy) is 2. The maximum Gasteiger partial charge on any atom is 0.414 e. The van der Waals surface area contributed by atoms with Crippen molar-refractivity contribution in [2.24, 2.45) is 0 Å². The standard InChI is InChI=1S/C18H25NO5/c1-13(10-11-18(2,3)22)14-8-6-7-9-15(14)19(17(21)24-5)12-16(20)23-4/h6-9,22H,1,10-12H2,2-5H3. The second-order valence-electron chi connectivity index (χ2n) is 6.07. The summed E-state index contributed by atoms with van der Waals surface area (Å²) in [6.07, 6.45) is 0.409. The van der Waals surface area contributed by atoms with Gasteiger partial charge in [0, 0.05) is 5.56 Å². The summed E-state index contributed by atoms with van der Waals surface area (Å²) in [5.41, 5.74) is 1.17. The molecule has 0 radical (unpaired) electrons. The van der Waals surface area contributed by atoms with Gasteiger partial charge in [0.1, 0.15) is 6.54 Å². The SMILES string of the molecule is C=C(CCC(C)(C)O)c1ccccc1N(CC(=O)OC)C(=O)OC. The Bertz CT molecular complexity index is 604. The summed E-state index contributed by atoms with van der Waals surface area (Å²) < 4.78 is 9.42. The van der Waals surface area contributed by atoms with Gasteiger partial charge in [-0.2, -0.15) is 0 Å². The molecule has 0 aliphatic carbocycles. The Kier molecular flexibility index (Phi) is 6.97. The maximum absolute atomic E-state index is 12.1. The summed E-state index contributed by atoms with van der Waals surface area (Å²) in [6, 6.07) is 7.11. The van der Waals surface area contributed by atoms with E-state index in [0.29, 0.717) is 18.5 Å². The number of carbonyl (C=O) groups is 2. The molecule has 0 saturated carbocycles. The minimum Gasteiger partial charge on any atom is -0.468 e. The van der Waals surface area contributed by atoms with Gasteiger partial charge >= 0.3 is 12.1 Å². The fourth-order valence-electron chi connectivity index (χ4n) is 2.15. The van der Waals surface area contributed by atoms with Crippen LogP contribution in [0.15, 0.2) is 30.8 Å². The van der Waals surface area contributed by atoms with Gasteiger partial charge in [0.15, 0.2) is 0 Å². The van der Waals surface area contributed by atoms with Gasteiger partial charge in [-0.3, -0.25) is 9.69 Å². The maximum atomic E-state index is 12.1. The third-order valence-corrected chi connectivity index (χ3v) is 3.52. The second kappa shape index (κ2) is 8.49. The van der Waals surface area contributed by atoms with Gasteiger partial charge in [-0.05, 0) is 38.3 Å². The summed E-state index contributed by atoms with van der Waals surface area (Å²) in [6.45, 7) is 7.24. The average Bonchev–Trinajstić information content (AvgIpc) is 2.55. The van der Waals surface area contributed by atoms with Crippen LogP contribution in [-0.4, -0.2) is 43.5 Å². The Morgan fingerprint density at radius 1 is 1.21 bits per heavy atom. The molecule has 0 saturated heterocycles. The topological polar surface area (TPSA) is 76.1 Å². The molecule has 0 fully saturated rings. The van der Waals surface area contributed by atoms with E-state index < -0.39 is 17.7 Å². The third kappa shape index (κ3) is 5.70. The lowest BCUT2D eigenvalue weighted by molar-refractivity contribution is -0.138. The molecule has 6 nitrogen and oxygen atoms in total. The minimum absolute atomic E-state index is 0.265. The van der Waals surface area contributed by atoms with Crippen molar-refractivity contribution in [3.8, 4) is 0 Å². The first kappa shape index (κ1) is 19.7. The fourth-order valence-corrected chi connectivity index (χ4v) is 2.15. The van der Waals surface area contributed by atoms with Crippen LogP contribution >= 0.6 is 0 Å². The Morgan fingerprint density at radius 2 is 1.83 bits per heavy atom. The largest absolute Gasteiger partial charge is 0.468 e. The van der Waals surface area contributed by atoms with Crippen LogP contribution in [0, 0.1) is 0 Å². The molecule has 0 aliphatic rings. The van der Waals surface area contributed by atoms with E-state index in [1.165, 1.54) is 19.1 Å². The van der Waals surface area contributed by atoms with E-state index in [4.69, 9.17) is 4.74 Å². The molecule has 1 amide bonds. The second-order valence-corrected chi connectivity index (χ2v) is 6.07. The highest BCUT2D eigenvalue weighted by atomic mass is 16.5. The van der Waals surface area contributed by atoms with E-state index in [-0.39, 0.29) is 6.54 Å². The molecule has 132 valence electrons. The van der Waals surface area contributed by atoms with E-state index >= 15 is 0 Å². The zero-order valence-electron chi connectivity index (χ0n) is 14.7. The van der Waals surface area contributed by atoms with Crippen molar-refractivity contribution in [3.63, 3.8) is 0 Å².